The van der Waals surface area contributed by atoms with Crippen LogP contribution in [-0.2, 0) is 4.74 Å². The van der Waals surface area contributed by atoms with E-state index in [0.717, 1.165) is 25.9 Å². The molecule has 0 unspecified atom stereocenters. The van der Waals surface area contributed by atoms with Crippen molar-refractivity contribution in [1.29, 1.82) is 0 Å². The van der Waals surface area contributed by atoms with Gasteiger partial charge in [-0.25, -0.2) is 4.98 Å². The summed E-state index contributed by atoms with van der Waals surface area (Å²) in [5.74, 6) is -0.0105. The predicted octanol–water partition coefficient (Wildman–Crippen LogP) is 1.86. The fourth-order valence-corrected chi connectivity index (χ4v) is 1.64. The van der Waals surface area contributed by atoms with E-state index in [9.17, 15) is 4.79 Å². The Balaban J connectivity index is 2.34. The maximum atomic E-state index is 11.8. The molecule has 0 saturated carbocycles. The number of anilines is 1. The highest BCUT2D eigenvalue weighted by Gasteiger charge is 2.11. The second-order valence-electron chi connectivity index (χ2n) is 3.88. The van der Waals surface area contributed by atoms with E-state index in [0.29, 0.717) is 11.6 Å². The number of halogens is 1. The second-order valence-corrected chi connectivity index (χ2v) is 4.28. The lowest BCUT2D eigenvalue weighted by atomic mass is 10.2. The third-order valence-corrected chi connectivity index (χ3v) is 2.70. The Labute approximate surface area is 112 Å². The molecule has 0 aromatic carbocycles. The number of carbonyl (C=O) groups is 1. The number of pyridine rings is 1. The number of nitrogen functional groups attached to an aromatic ring is 1. The molecule has 0 aliphatic heterocycles. The lowest BCUT2D eigenvalue weighted by Gasteiger charge is -2.06. The van der Waals surface area contributed by atoms with Gasteiger partial charge in [-0.15, -0.1) is 0 Å². The SMILES string of the molecule is COCCCCCNC(=O)c1nc(N)ccc1Cl. The van der Waals surface area contributed by atoms with Gasteiger partial charge in [0.05, 0.1) is 5.02 Å². The van der Waals surface area contributed by atoms with Crippen LogP contribution >= 0.6 is 11.6 Å². The van der Waals surface area contributed by atoms with E-state index in [4.69, 9.17) is 22.1 Å². The number of nitrogens with zero attached hydrogens (tertiary/aromatic N) is 1. The van der Waals surface area contributed by atoms with Crippen molar-refractivity contribution in [1.82, 2.24) is 10.3 Å². The van der Waals surface area contributed by atoms with Crippen molar-refractivity contribution in [2.45, 2.75) is 19.3 Å². The first kappa shape index (κ1) is 14.7. The Hall–Kier alpha value is -1.33. The summed E-state index contributed by atoms with van der Waals surface area (Å²) in [6.07, 6.45) is 2.89. The number of nitrogens with one attached hydrogen (secondary N) is 1. The maximum absolute atomic E-state index is 11.8. The summed E-state index contributed by atoms with van der Waals surface area (Å²) in [5.41, 5.74) is 5.69. The third-order valence-electron chi connectivity index (χ3n) is 2.39. The molecule has 0 aliphatic carbocycles. The summed E-state index contributed by atoms with van der Waals surface area (Å²) < 4.78 is 4.94. The average Bonchev–Trinajstić information content (AvgIpc) is 2.36. The van der Waals surface area contributed by atoms with Gasteiger partial charge in [0.1, 0.15) is 11.5 Å². The van der Waals surface area contributed by atoms with Gasteiger partial charge in [0.25, 0.3) is 5.91 Å². The lowest BCUT2D eigenvalue weighted by molar-refractivity contribution is 0.0948. The van der Waals surface area contributed by atoms with Gasteiger partial charge in [0.15, 0.2) is 0 Å². The van der Waals surface area contributed by atoms with E-state index >= 15 is 0 Å². The molecule has 0 fully saturated rings. The Morgan fingerprint density at radius 3 is 2.94 bits per heavy atom. The highest BCUT2D eigenvalue weighted by Crippen LogP contribution is 2.14. The van der Waals surface area contributed by atoms with Crippen molar-refractivity contribution in [3.05, 3.63) is 22.8 Å². The molecule has 1 rings (SSSR count). The Bertz CT molecular complexity index is 399. The number of rotatable bonds is 7. The van der Waals surface area contributed by atoms with Crippen LogP contribution < -0.4 is 11.1 Å². The van der Waals surface area contributed by atoms with E-state index in [-0.39, 0.29) is 17.4 Å². The van der Waals surface area contributed by atoms with E-state index in [1.807, 2.05) is 0 Å². The van der Waals surface area contributed by atoms with Gasteiger partial charge in [-0.3, -0.25) is 4.79 Å². The molecule has 1 heterocycles. The fourth-order valence-electron chi connectivity index (χ4n) is 1.45. The summed E-state index contributed by atoms with van der Waals surface area (Å²) in [4.78, 5) is 15.7. The number of unbranched alkanes of at least 4 members (excludes halogenated alkanes) is 2. The smallest absolute Gasteiger partial charge is 0.271 e. The molecule has 0 aliphatic rings. The van der Waals surface area contributed by atoms with Crippen LogP contribution in [0.5, 0.6) is 0 Å². The predicted molar refractivity (Wildman–Crippen MR) is 71.7 cm³/mol. The maximum Gasteiger partial charge on any atom is 0.271 e. The van der Waals surface area contributed by atoms with Gasteiger partial charge in [-0.1, -0.05) is 11.6 Å². The Kier molecular flexibility index (Phi) is 6.46. The zero-order valence-electron chi connectivity index (χ0n) is 10.4. The molecule has 0 saturated heterocycles. The first-order valence-corrected chi connectivity index (χ1v) is 6.22. The van der Waals surface area contributed by atoms with Crippen LogP contribution in [0.25, 0.3) is 0 Å². The van der Waals surface area contributed by atoms with Gasteiger partial charge in [-0.2, -0.15) is 0 Å². The molecular weight excluding hydrogens is 254 g/mol. The van der Waals surface area contributed by atoms with E-state index < -0.39 is 0 Å². The fraction of sp³-hybridized carbons (Fsp3) is 0.500. The monoisotopic (exact) mass is 271 g/mol. The van der Waals surface area contributed by atoms with Gasteiger partial charge < -0.3 is 15.8 Å². The van der Waals surface area contributed by atoms with Gasteiger partial charge in [-0.05, 0) is 31.4 Å². The molecule has 0 spiro atoms. The zero-order chi connectivity index (χ0) is 13.4. The van der Waals surface area contributed by atoms with Crippen LogP contribution in [0.3, 0.4) is 0 Å². The highest BCUT2D eigenvalue weighted by molar-refractivity contribution is 6.33. The minimum atomic E-state index is -0.293. The molecule has 100 valence electrons. The van der Waals surface area contributed by atoms with E-state index in [2.05, 4.69) is 10.3 Å². The van der Waals surface area contributed by atoms with Crippen molar-refractivity contribution in [2.24, 2.45) is 0 Å². The number of nitrogens with two attached hydrogens (primary N) is 1. The van der Waals surface area contributed by atoms with Gasteiger partial charge >= 0.3 is 0 Å². The summed E-state index contributed by atoms with van der Waals surface area (Å²) in [7, 11) is 1.68. The quantitative estimate of drug-likeness (QED) is 0.742. The summed E-state index contributed by atoms with van der Waals surface area (Å²) in [5, 5.41) is 3.07. The number of aromatic nitrogens is 1. The normalized spacial score (nSPS) is 10.3. The van der Waals surface area contributed by atoms with E-state index in [1.54, 1.807) is 19.2 Å². The van der Waals surface area contributed by atoms with Crippen LogP contribution in [0.15, 0.2) is 12.1 Å². The molecule has 0 atom stereocenters. The first-order chi connectivity index (χ1) is 8.65. The van der Waals surface area contributed by atoms with E-state index in [1.165, 1.54) is 0 Å². The molecule has 3 N–H and O–H groups in total. The van der Waals surface area contributed by atoms with Crippen molar-refractivity contribution < 1.29 is 9.53 Å². The summed E-state index contributed by atoms with van der Waals surface area (Å²) >= 11 is 5.88. The molecular formula is C12H18ClN3O2. The molecule has 6 heteroatoms. The minimum Gasteiger partial charge on any atom is -0.385 e. The third kappa shape index (κ3) is 4.89. The number of hydrogen-bond acceptors (Lipinski definition) is 4. The summed E-state index contributed by atoms with van der Waals surface area (Å²) in [6, 6.07) is 3.13. The number of amides is 1. The summed E-state index contributed by atoms with van der Waals surface area (Å²) in [6.45, 7) is 1.34. The molecule has 18 heavy (non-hydrogen) atoms. The average molecular weight is 272 g/mol. The number of hydrogen-bond donors (Lipinski definition) is 2. The zero-order valence-corrected chi connectivity index (χ0v) is 11.2. The van der Waals surface area contributed by atoms with Crippen LogP contribution in [0.4, 0.5) is 5.82 Å². The number of ether oxygens (including phenoxy) is 1. The standard InChI is InChI=1S/C12H18ClN3O2/c1-18-8-4-2-3-7-15-12(17)11-9(13)5-6-10(14)16-11/h5-6H,2-4,7-8H2,1H3,(H2,14,16)(H,15,17). The van der Waals surface area contributed by atoms with Crippen molar-refractivity contribution >= 4 is 23.3 Å². The molecule has 5 nitrogen and oxygen atoms in total. The highest BCUT2D eigenvalue weighted by atomic mass is 35.5. The van der Waals surface area contributed by atoms with Crippen LogP contribution in [0.2, 0.25) is 5.02 Å². The molecule has 0 radical (unpaired) electrons. The second kappa shape index (κ2) is 7.89. The Morgan fingerprint density at radius 2 is 2.22 bits per heavy atom. The number of methoxy groups -OCH3 is 1. The minimum absolute atomic E-state index is 0.175. The van der Waals surface area contributed by atoms with Gasteiger partial charge in [0.2, 0.25) is 0 Å². The Morgan fingerprint density at radius 1 is 1.44 bits per heavy atom. The molecule has 1 amide bonds. The van der Waals surface area contributed by atoms with Crippen LogP contribution in [0, 0.1) is 0 Å². The first-order valence-electron chi connectivity index (χ1n) is 5.84. The van der Waals surface area contributed by atoms with Crippen molar-refractivity contribution in [3.8, 4) is 0 Å². The van der Waals surface area contributed by atoms with Crippen LogP contribution in [0.1, 0.15) is 29.8 Å². The van der Waals surface area contributed by atoms with Crippen molar-refractivity contribution in [3.63, 3.8) is 0 Å². The van der Waals surface area contributed by atoms with Gasteiger partial charge in [0, 0.05) is 20.3 Å². The largest absolute Gasteiger partial charge is 0.385 e. The molecule has 1 aromatic heterocycles. The molecule has 0 bridgehead atoms. The number of carbonyl (C=O) groups excluding carboxylic acids is 1. The van der Waals surface area contributed by atoms with Crippen LogP contribution in [-0.4, -0.2) is 31.2 Å². The lowest BCUT2D eigenvalue weighted by Crippen LogP contribution is -2.26. The van der Waals surface area contributed by atoms with Crippen molar-refractivity contribution in [2.75, 3.05) is 26.0 Å². The topological polar surface area (TPSA) is 77.2 Å². The molecule has 1 aromatic rings.